The number of nitrogens with zero attached hydrogens (tertiary/aromatic N) is 2. The van der Waals surface area contributed by atoms with Crippen molar-refractivity contribution in [2.45, 2.75) is 44.8 Å². The molecular formula is C21H32N2O4. The molecule has 2 aliphatic rings. The minimum Gasteiger partial charge on any atom is -0.495 e. The minimum absolute atomic E-state index is 0.0542. The van der Waals surface area contributed by atoms with E-state index in [1.807, 2.05) is 23.1 Å². The summed E-state index contributed by atoms with van der Waals surface area (Å²) in [5.41, 5.74) is 0.887. The van der Waals surface area contributed by atoms with Gasteiger partial charge in [0.15, 0.2) is 0 Å². The highest BCUT2D eigenvalue weighted by atomic mass is 16.5. The van der Waals surface area contributed by atoms with E-state index in [1.54, 1.807) is 7.11 Å². The van der Waals surface area contributed by atoms with Crippen LogP contribution in [0.4, 0.5) is 5.69 Å². The number of para-hydroxylation sites is 2. The van der Waals surface area contributed by atoms with Crippen LogP contribution >= 0.6 is 0 Å². The Kier molecular flexibility index (Phi) is 6.60. The van der Waals surface area contributed by atoms with Gasteiger partial charge in [-0.15, -0.1) is 0 Å². The lowest BCUT2D eigenvalue weighted by Crippen LogP contribution is -2.61. The van der Waals surface area contributed by atoms with E-state index in [9.17, 15) is 4.79 Å². The lowest BCUT2D eigenvalue weighted by molar-refractivity contribution is -0.139. The lowest BCUT2D eigenvalue weighted by Gasteiger charge is -2.48. The van der Waals surface area contributed by atoms with Crippen LogP contribution in [0.3, 0.4) is 0 Å². The molecule has 0 saturated carbocycles. The first kappa shape index (κ1) is 20.0. The molecule has 1 amide bonds. The third-order valence-corrected chi connectivity index (χ3v) is 5.43. The SMILES string of the molecule is COc1ccccc1N1CCN(C(=O)COCC2CCCCO2)CC1(C)C. The summed E-state index contributed by atoms with van der Waals surface area (Å²) < 4.78 is 16.8. The molecule has 1 aromatic rings. The van der Waals surface area contributed by atoms with Crippen molar-refractivity contribution in [1.29, 1.82) is 0 Å². The molecule has 0 aliphatic carbocycles. The van der Waals surface area contributed by atoms with Gasteiger partial charge in [0, 0.05) is 26.2 Å². The zero-order chi connectivity index (χ0) is 19.3. The smallest absolute Gasteiger partial charge is 0.248 e. The van der Waals surface area contributed by atoms with Crippen LogP contribution in [0.1, 0.15) is 33.1 Å². The molecule has 2 fully saturated rings. The van der Waals surface area contributed by atoms with Crippen molar-refractivity contribution in [1.82, 2.24) is 4.90 Å². The van der Waals surface area contributed by atoms with Crippen LogP contribution in [0.25, 0.3) is 0 Å². The third-order valence-electron chi connectivity index (χ3n) is 5.43. The van der Waals surface area contributed by atoms with Crippen LogP contribution in [-0.2, 0) is 14.3 Å². The first-order valence-electron chi connectivity index (χ1n) is 9.89. The largest absolute Gasteiger partial charge is 0.495 e. The summed E-state index contributed by atoms with van der Waals surface area (Å²) in [6.07, 6.45) is 3.48. The van der Waals surface area contributed by atoms with Crippen LogP contribution in [-0.4, -0.2) is 69.0 Å². The van der Waals surface area contributed by atoms with Gasteiger partial charge in [-0.3, -0.25) is 4.79 Å². The van der Waals surface area contributed by atoms with Gasteiger partial charge in [-0.2, -0.15) is 0 Å². The van der Waals surface area contributed by atoms with E-state index in [4.69, 9.17) is 14.2 Å². The normalized spacial score (nSPS) is 22.6. The van der Waals surface area contributed by atoms with Gasteiger partial charge in [0.1, 0.15) is 12.4 Å². The van der Waals surface area contributed by atoms with E-state index in [-0.39, 0.29) is 24.2 Å². The molecule has 1 aromatic carbocycles. The lowest BCUT2D eigenvalue weighted by atomic mass is 9.97. The number of amides is 1. The van der Waals surface area contributed by atoms with Crippen LogP contribution < -0.4 is 9.64 Å². The first-order chi connectivity index (χ1) is 13.0. The molecule has 6 nitrogen and oxygen atoms in total. The number of ether oxygens (including phenoxy) is 3. The fourth-order valence-corrected chi connectivity index (χ4v) is 3.97. The monoisotopic (exact) mass is 376 g/mol. The molecule has 150 valence electrons. The maximum atomic E-state index is 12.6. The quantitative estimate of drug-likeness (QED) is 0.764. The summed E-state index contributed by atoms with van der Waals surface area (Å²) in [5.74, 6) is 0.916. The molecule has 6 heteroatoms. The molecule has 3 rings (SSSR count). The number of hydrogen-bond acceptors (Lipinski definition) is 5. The summed E-state index contributed by atoms with van der Waals surface area (Å²) in [6, 6.07) is 8.05. The van der Waals surface area contributed by atoms with Crippen LogP contribution in [0.15, 0.2) is 24.3 Å². The van der Waals surface area contributed by atoms with Gasteiger partial charge in [-0.1, -0.05) is 12.1 Å². The van der Waals surface area contributed by atoms with E-state index in [1.165, 1.54) is 6.42 Å². The van der Waals surface area contributed by atoms with E-state index >= 15 is 0 Å². The topological polar surface area (TPSA) is 51.2 Å². The molecule has 0 bridgehead atoms. The van der Waals surface area contributed by atoms with Gasteiger partial charge in [0.25, 0.3) is 0 Å². The first-order valence-corrected chi connectivity index (χ1v) is 9.89. The van der Waals surface area contributed by atoms with Crippen LogP contribution in [0.2, 0.25) is 0 Å². The highest BCUT2D eigenvalue weighted by Gasteiger charge is 2.36. The average Bonchev–Trinajstić information content (AvgIpc) is 2.68. The second-order valence-electron chi connectivity index (χ2n) is 7.95. The summed E-state index contributed by atoms with van der Waals surface area (Å²) in [6.45, 7) is 7.88. The molecule has 1 unspecified atom stereocenters. The van der Waals surface area contributed by atoms with Crippen LogP contribution in [0.5, 0.6) is 5.75 Å². The maximum Gasteiger partial charge on any atom is 0.248 e. The zero-order valence-corrected chi connectivity index (χ0v) is 16.8. The number of hydrogen-bond donors (Lipinski definition) is 0. The van der Waals surface area contributed by atoms with Crippen molar-refractivity contribution >= 4 is 11.6 Å². The Morgan fingerprint density at radius 3 is 2.78 bits per heavy atom. The zero-order valence-electron chi connectivity index (χ0n) is 16.8. The highest BCUT2D eigenvalue weighted by molar-refractivity contribution is 5.78. The molecule has 0 radical (unpaired) electrons. The van der Waals surface area contributed by atoms with Crippen LogP contribution in [0, 0.1) is 0 Å². The van der Waals surface area contributed by atoms with E-state index in [0.29, 0.717) is 19.7 Å². The fourth-order valence-electron chi connectivity index (χ4n) is 3.97. The second-order valence-corrected chi connectivity index (χ2v) is 7.95. The van der Waals surface area contributed by atoms with E-state index in [2.05, 4.69) is 24.8 Å². The Bertz CT molecular complexity index is 628. The van der Waals surface area contributed by atoms with Gasteiger partial charge >= 0.3 is 0 Å². The van der Waals surface area contributed by atoms with Crippen molar-refractivity contribution < 1.29 is 19.0 Å². The summed E-state index contributed by atoms with van der Waals surface area (Å²) >= 11 is 0. The second kappa shape index (κ2) is 8.93. The van der Waals surface area contributed by atoms with Gasteiger partial charge in [-0.25, -0.2) is 0 Å². The number of carbonyl (C=O) groups is 1. The summed E-state index contributed by atoms with van der Waals surface area (Å²) in [5, 5.41) is 0. The van der Waals surface area contributed by atoms with Crippen molar-refractivity contribution in [2.75, 3.05) is 51.5 Å². The Balaban J connectivity index is 1.54. The molecule has 2 saturated heterocycles. The van der Waals surface area contributed by atoms with E-state index < -0.39 is 0 Å². The fraction of sp³-hybridized carbons (Fsp3) is 0.667. The standard InChI is InChI=1S/C21H32N2O4/c1-21(2)16-22(20(24)15-26-14-17-8-6-7-13-27-17)11-12-23(21)18-9-4-5-10-19(18)25-3/h4-5,9-10,17H,6-8,11-16H2,1-3H3. The number of carbonyl (C=O) groups excluding carboxylic acids is 1. The predicted octanol–water partition coefficient (Wildman–Crippen LogP) is 2.71. The van der Waals surface area contributed by atoms with Crippen molar-refractivity contribution in [3.05, 3.63) is 24.3 Å². The van der Waals surface area contributed by atoms with Gasteiger partial charge in [-0.05, 0) is 45.2 Å². The molecule has 0 spiro atoms. The van der Waals surface area contributed by atoms with Gasteiger partial charge in [0.2, 0.25) is 5.91 Å². The molecular weight excluding hydrogens is 344 g/mol. The Labute approximate surface area is 162 Å². The average molecular weight is 376 g/mol. The Hall–Kier alpha value is -1.79. The molecule has 27 heavy (non-hydrogen) atoms. The third kappa shape index (κ3) is 4.93. The predicted molar refractivity (Wildman–Crippen MR) is 105 cm³/mol. The number of rotatable bonds is 6. The number of anilines is 1. The Morgan fingerprint density at radius 1 is 1.26 bits per heavy atom. The maximum absolute atomic E-state index is 12.6. The molecule has 2 aliphatic heterocycles. The number of piperazine rings is 1. The molecule has 0 aromatic heterocycles. The highest BCUT2D eigenvalue weighted by Crippen LogP contribution is 2.34. The van der Waals surface area contributed by atoms with Crippen molar-refractivity contribution in [2.24, 2.45) is 0 Å². The summed E-state index contributed by atoms with van der Waals surface area (Å²) in [4.78, 5) is 16.8. The number of benzene rings is 1. The molecule has 2 heterocycles. The van der Waals surface area contributed by atoms with Crippen molar-refractivity contribution in [3.8, 4) is 5.75 Å². The Morgan fingerprint density at radius 2 is 2.07 bits per heavy atom. The number of methoxy groups -OCH3 is 1. The van der Waals surface area contributed by atoms with Gasteiger partial charge in [0.05, 0.1) is 31.0 Å². The molecule has 0 N–H and O–H groups in total. The van der Waals surface area contributed by atoms with E-state index in [0.717, 1.165) is 37.4 Å². The van der Waals surface area contributed by atoms with Gasteiger partial charge < -0.3 is 24.0 Å². The summed E-state index contributed by atoms with van der Waals surface area (Å²) in [7, 11) is 1.69. The minimum atomic E-state index is -0.185. The van der Waals surface area contributed by atoms with Crippen molar-refractivity contribution in [3.63, 3.8) is 0 Å². The molecule has 1 atom stereocenters.